The third-order valence-electron chi connectivity index (χ3n) is 4.58. The molecule has 3 rings (SSSR count). The van der Waals surface area contributed by atoms with Crippen molar-refractivity contribution < 1.29 is 14.6 Å². The molecule has 0 spiro atoms. The number of carbonyl (C=O) groups is 1. The van der Waals surface area contributed by atoms with E-state index < -0.39 is 6.10 Å². The Labute approximate surface area is 131 Å². The molecule has 2 N–H and O–H groups in total. The number of pyridine rings is 1. The highest BCUT2D eigenvalue weighted by atomic mass is 16.5. The lowest BCUT2D eigenvalue weighted by Crippen LogP contribution is -2.35. The van der Waals surface area contributed by atoms with Gasteiger partial charge >= 0.3 is 0 Å². The van der Waals surface area contributed by atoms with Gasteiger partial charge in [0.25, 0.3) is 5.91 Å². The van der Waals surface area contributed by atoms with Crippen LogP contribution in [0.3, 0.4) is 0 Å². The number of aliphatic hydroxyl groups excluding tert-OH is 1. The van der Waals surface area contributed by atoms with Crippen LogP contribution in [0.25, 0.3) is 0 Å². The highest BCUT2D eigenvalue weighted by Gasteiger charge is 2.24. The summed E-state index contributed by atoms with van der Waals surface area (Å²) in [6.45, 7) is 1.02. The Hall–Kier alpha value is -1.62. The molecule has 0 saturated heterocycles. The van der Waals surface area contributed by atoms with Crippen molar-refractivity contribution in [2.45, 2.75) is 44.6 Å². The van der Waals surface area contributed by atoms with Crippen LogP contribution in [0, 0.1) is 11.8 Å². The lowest BCUT2D eigenvalue weighted by Gasteiger charge is -2.18. The van der Waals surface area contributed by atoms with E-state index in [0.29, 0.717) is 36.4 Å². The van der Waals surface area contributed by atoms with Gasteiger partial charge in [-0.15, -0.1) is 0 Å². The van der Waals surface area contributed by atoms with E-state index in [1.165, 1.54) is 31.9 Å². The zero-order valence-electron chi connectivity index (χ0n) is 12.8. The highest BCUT2D eigenvalue weighted by molar-refractivity contribution is 5.93. The average molecular weight is 304 g/mol. The molecule has 0 bridgehead atoms. The average Bonchev–Trinajstić information content (AvgIpc) is 3.22. The van der Waals surface area contributed by atoms with Crippen LogP contribution in [-0.2, 0) is 0 Å². The zero-order valence-corrected chi connectivity index (χ0v) is 12.8. The summed E-state index contributed by atoms with van der Waals surface area (Å²) in [5, 5.41) is 12.9. The number of nitrogens with one attached hydrogen (secondary N) is 1. The molecule has 2 aliphatic carbocycles. The number of nitrogens with zero attached hydrogens (tertiary/aromatic N) is 1. The predicted octanol–water partition coefficient (Wildman–Crippen LogP) is 2.15. The van der Waals surface area contributed by atoms with Gasteiger partial charge in [0.2, 0.25) is 5.88 Å². The van der Waals surface area contributed by atoms with Crippen LogP contribution in [0.15, 0.2) is 18.3 Å². The molecule has 22 heavy (non-hydrogen) atoms. The monoisotopic (exact) mass is 304 g/mol. The molecule has 1 unspecified atom stereocenters. The lowest BCUT2D eigenvalue weighted by molar-refractivity contribution is 0.0840. The van der Waals surface area contributed by atoms with E-state index in [0.717, 1.165) is 12.8 Å². The Morgan fingerprint density at radius 1 is 1.32 bits per heavy atom. The lowest BCUT2D eigenvalue weighted by atomic mass is 10.0. The van der Waals surface area contributed by atoms with Gasteiger partial charge in [-0.1, -0.05) is 12.8 Å². The van der Waals surface area contributed by atoms with E-state index in [4.69, 9.17) is 4.74 Å². The van der Waals surface area contributed by atoms with Gasteiger partial charge in [-0.2, -0.15) is 0 Å². The standard InChI is InChI=1S/C17H24N2O3/c20-15(13-3-1-2-4-13)10-19-17(21)14-7-8-16(18-9-14)22-11-12-5-6-12/h7-9,12-13,15,20H,1-6,10-11H2,(H,19,21). The van der Waals surface area contributed by atoms with E-state index in [-0.39, 0.29) is 5.91 Å². The van der Waals surface area contributed by atoms with Gasteiger partial charge in [-0.05, 0) is 43.6 Å². The zero-order chi connectivity index (χ0) is 15.4. The van der Waals surface area contributed by atoms with Gasteiger partial charge in [-0.25, -0.2) is 4.98 Å². The van der Waals surface area contributed by atoms with E-state index in [1.54, 1.807) is 12.1 Å². The quantitative estimate of drug-likeness (QED) is 0.809. The van der Waals surface area contributed by atoms with E-state index in [9.17, 15) is 9.90 Å². The molecule has 1 aromatic rings. The van der Waals surface area contributed by atoms with Gasteiger partial charge in [-0.3, -0.25) is 4.79 Å². The first kappa shape index (κ1) is 15.3. The number of amides is 1. The maximum Gasteiger partial charge on any atom is 0.252 e. The minimum absolute atomic E-state index is 0.196. The fourth-order valence-electron chi connectivity index (χ4n) is 2.90. The molecule has 0 aliphatic heterocycles. The largest absolute Gasteiger partial charge is 0.477 e. The van der Waals surface area contributed by atoms with Crippen LogP contribution in [0.4, 0.5) is 0 Å². The highest BCUT2D eigenvalue weighted by Crippen LogP contribution is 2.29. The summed E-state index contributed by atoms with van der Waals surface area (Å²) in [7, 11) is 0. The van der Waals surface area contributed by atoms with Gasteiger partial charge in [0.05, 0.1) is 18.3 Å². The van der Waals surface area contributed by atoms with Crippen molar-refractivity contribution >= 4 is 5.91 Å². The van der Waals surface area contributed by atoms with E-state index in [2.05, 4.69) is 10.3 Å². The third kappa shape index (κ3) is 4.19. The smallest absolute Gasteiger partial charge is 0.252 e. The summed E-state index contributed by atoms with van der Waals surface area (Å²) in [6, 6.07) is 3.44. The Balaban J connectivity index is 1.44. The molecule has 1 amide bonds. The number of rotatable bonds is 7. The normalized spacial score (nSPS) is 19.9. The molecule has 2 fully saturated rings. The SMILES string of the molecule is O=C(NCC(O)C1CCCC1)c1ccc(OCC2CC2)nc1. The van der Waals surface area contributed by atoms with Crippen LogP contribution in [0.1, 0.15) is 48.9 Å². The summed E-state index contributed by atoms with van der Waals surface area (Å²) in [4.78, 5) is 16.2. The molecular formula is C17H24N2O3. The summed E-state index contributed by atoms with van der Waals surface area (Å²) >= 11 is 0. The predicted molar refractivity (Wildman–Crippen MR) is 82.8 cm³/mol. The van der Waals surface area contributed by atoms with E-state index in [1.807, 2.05) is 0 Å². The van der Waals surface area contributed by atoms with Crippen molar-refractivity contribution in [3.05, 3.63) is 23.9 Å². The van der Waals surface area contributed by atoms with Crippen LogP contribution < -0.4 is 10.1 Å². The molecule has 1 atom stereocenters. The second kappa shape index (κ2) is 7.09. The molecule has 1 aromatic heterocycles. The number of aromatic nitrogens is 1. The second-order valence-corrected chi connectivity index (χ2v) is 6.46. The Morgan fingerprint density at radius 3 is 2.73 bits per heavy atom. The second-order valence-electron chi connectivity index (χ2n) is 6.46. The van der Waals surface area contributed by atoms with Crippen molar-refractivity contribution in [3.63, 3.8) is 0 Å². The van der Waals surface area contributed by atoms with Crippen molar-refractivity contribution in [1.29, 1.82) is 0 Å². The van der Waals surface area contributed by atoms with Crippen molar-refractivity contribution in [1.82, 2.24) is 10.3 Å². The van der Waals surface area contributed by atoms with Crippen LogP contribution in [0.2, 0.25) is 0 Å². The van der Waals surface area contributed by atoms with Gasteiger partial charge in [0, 0.05) is 18.8 Å². The van der Waals surface area contributed by atoms with Crippen LogP contribution >= 0.6 is 0 Å². The molecule has 5 nitrogen and oxygen atoms in total. The first-order chi connectivity index (χ1) is 10.7. The minimum Gasteiger partial charge on any atom is -0.477 e. The molecule has 0 radical (unpaired) electrons. The Kier molecular flexibility index (Phi) is 4.93. The minimum atomic E-state index is -0.444. The summed E-state index contributed by atoms with van der Waals surface area (Å²) in [5.74, 6) is 1.38. The number of hydrogen-bond acceptors (Lipinski definition) is 4. The third-order valence-corrected chi connectivity index (χ3v) is 4.58. The van der Waals surface area contributed by atoms with Crippen LogP contribution in [-0.4, -0.2) is 35.3 Å². The number of hydrogen-bond donors (Lipinski definition) is 2. The topological polar surface area (TPSA) is 71.5 Å². The molecule has 5 heteroatoms. The molecule has 2 aliphatic rings. The summed E-state index contributed by atoms with van der Waals surface area (Å²) in [6.07, 6.45) is 8.05. The van der Waals surface area contributed by atoms with E-state index >= 15 is 0 Å². The fourth-order valence-corrected chi connectivity index (χ4v) is 2.90. The number of aliphatic hydroxyl groups is 1. The van der Waals surface area contributed by atoms with Crippen molar-refractivity contribution in [3.8, 4) is 5.88 Å². The summed E-state index contributed by atoms with van der Waals surface area (Å²) < 4.78 is 5.55. The molecule has 120 valence electrons. The van der Waals surface area contributed by atoms with Gasteiger partial charge in [0.15, 0.2) is 0 Å². The molecule has 2 saturated carbocycles. The van der Waals surface area contributed by atoms with Crippen molar-refractivity contribution in [2.24, 2.45) is 11.8 Å². The number of carbonyl (C=O) groups excluding carboxylic acids is 1. The maximum absolute atomic E-state index is 12.0. The first-order valence-corrected chi connectivity index (χ1v) is 8.27. The summed E-state index contributed by atoms with van der Waals surface area (Å²) in [5.41, 5.74) is 0.498. The fraction of sp³-hybridized carbons (Fsp3) is 0.647. The number of ether oxygens (including phenoxy) is 1. The molecule has 1 heterocycles. The molecule has 0 aromatic carbocycles. The maximum atomic E-state index is 12.0. The Morgan fingerprint density at radius 2 is 2.09 bits per heavy atom. The van der Waals surface area contributed by atoms with Crippen molar-refractivity contribution in [2.75, 3.05) is 13.2 Å². The van der Waals surface area contributed by atoms with Gasteiger partial charge in [0.1, 0.15) is 0 Å². The first-order valence-electron chi connectivity index (χ1n) is 8.27. The van der Waals surface area contributed by atoms with Gasteiger partial charge < -0.3 is 15.2 Å². The Bertz CT molecular complexity index is 493. The van der Waals surface area contributed by atoms with Crippen LogP contribution in [0.5, 0.6) is 5.88 Å². The molecular weight excluding hydrogens is 280 g/mol.